The van der Waals surface area contributed by atoms with Crippen LogP contribution in [0.2, 0.25) is 0 Å². The Balaban J connectivity index is 2.47. The summed E-state index contributed by atoms with van der Waals surface area (Å²) in [5.74, 6) is -1.84. The molecular weight excluding hydrogens is 416 g/mol. The second kappa shape index (κ2) is 8.77. The second-order valence-electron chi connectivity index (χ2n) is 5.58. The highest BCUT2D eigenvalue weighted by Crippen LogP contribution is 2.57. The van der Waals surface area contributed by atoms with Gasteiger partial charge in [-0.25, -0.2) is 0 Å². The zero-order chi connectivity index (χ0) is 19.4. The monoisotopic (exact) mass is 433 g/mol. The maximum Gasteiger partial charge on any atom is 0.258 e. The van der Waals surface area contributed by atoms with Crippen LogP contribution in [-0.4, -0.2) is 22.1 Å². The van der Waals surface area contributed by atoms with Crippen LogP contribution in [0.4, 0.5) is 0 Å². The maximum atomic E-state index is 13.7. The Morgan fingerprint density at radius 3 is 2.23 bits per heavy atom. The molecule has 140 valence electrons. The molecule has 0 spiro atoms. The Hall–Kier alpha value is -1.03. The first kappa shape index (κ1) is 21.3. The van der Waals surface area contributed by atoms with Gasteiger partial charge in [0.05, 0.1) is 6.61 Å². The van der Waals surface area contributed by atoms with Crippen molar-refractivity contribution in [3.05, 3.63) is 65.7 Å². The van der Waals surface area contributed by atoms with Gasteiger partial charge in [-0.15, -0.1) is 0 Å². The SMILES string of the molecule is CCOP(=O)(c1ccccc1)C(NC(=O)c1ccccc1C)C(Cl)(Cl)Cl. The summed E-state index contributed by atoms with van der Waals surface area (Å²) in [7, 11) is -3.72. The predicted octanol–water partition coefficient (Wildman–Crippen LogP) is 5.06. The van der Waals surface area contributed by atoms with Crippen LogP contribution in [0, 0.1) is 6.92 Å². The number of hydrogen-bond acceptors (Lipinski definition) is 3. The van der Waals surface area contributed by atoms with Crippen molar-refractivity contribution in [3.63, 3.8) is 0 Å². The van der Waals surface area contributed by atoms with Crippen LogP contribution in [0.3, 0.4) is 0 Å². The standard InChI is InChI=1S/C18H19Cl3NO3P/c1-3-25-26(24,14-10-5-4-6-11-14)17(18(19,20)21)22-16(23)15-12-8-7-9-13(15)2/h4-12,17H,3H2,1-2H3,(H,22,23). The molecule has 2 rings (SSSR count). The van der Waals surface area contributed by atoms with Crippen LogP contribution >= 0.6 is 42.2 Å². The second-order valence-corrected chi connectivity index (χ2v) is 10.4. The number of nitrogens with one attached hydrogen (secondary N) is 1. The Labute approximate surface area is 168 Å². The van der Waals surface area contributed by atoms with Gasteiger partial charge in [0.1, 0.15) is 0 Å². The average molecular weight is 435 g/mol. The molecule has 0 fully saturated rings. The molecule has 0 aromatic heterocycles. The molecule has 2 atom stereocenters. The molecule has 0 radical (unpaired) electrons. The lowest BCUT2D eigenvalue weighted by Gasteiger charge is -2.32. The highest BCUT2D eigenvalue weighted by atomic mass is 35.6. The topological polar surface area (TPSA) is 55.4 Å². The normalized spacial score (nSPS) is 15.1. The van der Waals surface area contributed by atoms with Gasteiger partial charge in [-0.2, -0.15) is 0 Å². The number of alkyl halides is 3. The molecule has 26 heavy (non-hydrogen) atoms. The van der Waals surface area contributed by atoms with Gasteiger partial charge in [0, 0.05) is 10.9 Å². The molecular formula is C18H19Cl3NO3P. The van der Waals surface area contributed by atoms with E-state index in [-0.39, 0.29) is 6.61 Å². The minimum absolute atomic E-state index is 0.129. The van der Waals surface area contributed by atoms with Crippen LogP contribution in [-0.2, 0) is 9.09 Å². The molecule has 2 unspecified atom stereocenters. The Morgan fingerprint density at radius 1 is 1.12 bits per heavy atom. The van der Waals surface area contributed by atoms with Gasteiger partial charge in [0.15, 0.2) is 5.78 Å². The van der Waals surface area contributed by atoms with E-state index < -0.39 is 22.9 Å². The lowest BCUT2D eigenvalue weighted by molar-refractivity contribution is 0.0945. The summed E-state index contributed by atoms with van der Waals surface area (Å²) >= 11 is 18.3. The van der Waals surface area contributed by atoms with Crippen LogP contribution in [0.25, 0.3) is 0 Å². The first-order valence-electron chi connectivity index (χ1n) is 7.93. The quantitative estimate of drug-likeness (QED) is 0.511. The number of halogens is 3. The van der Waals surface area contributed by atoms with Gasteiger partial charge in [-0.1, -0.05) is 71.2 Å². The van der Waals surface area contributed by atoms with Crippen molar-refractivity contribution in [2.45, 2.75) is 23.4 Å². The van der Waals surface area contributed by atoms with Crippen molar-refractivity contribution in [1.82, 2.24) is 5.32 Å². The molecule has 0 saturated heterocycles. The molecule has 1 N–H and O–H groups in total. The summed E-state index contributed by atoms with van der Waals surface area (Å²) in [6.07, 6.45) is 0. The van der Waals surface area contributed by atoms with Crippen molar-refractivity contribution in [2.75, 3.05) is 6.61 Å². The zero-order valence-electron chi connectivity index (χ0n) is 14.3. The lowest BCUT2D eigenvalue weighted by atomic mass is 10.1. The van der Waals surface area contributed by atoms with Gasteiger partial charge in [0.2, 0.25) is 3.79 Å². The van der Waals surface area contributed by atoms with E-state index in [1.54, 1.807) is 62.4 Å². The van der Waals surface area contributed by atoms with Crippen molar-refractivity contribution < 1.29 is 13.9 Å². The van der Waals surface area contributed by atoms with E-state index in [0.717, 1.165) is 5.56 Å². The zero-order valence-corrected chi connectivity index (χ0v) is 17.4. The third-order valence-corrected chi connectivity index (χ3v) is 7.71. The number of carbonyl (C=O) groups is 1. The minimum atomic E-state index is -3.72. The molecule has 0 aliphatic carbocycles. The van der Waals surface area contributed by atoms with E-state index in [0.29, 0.717) is 10.9 Å². The summed E-state index contributed by atoms with van der Waals surface area (Å²) in [6.45, 7) is 3.61. The van der Waals surface area contributed by atoms with Gasteiger partial charge >= 0.3 is 0 Å². The van der Waals surface area contributed by atoms with E-state index in [1.165, 1.54) is 0 Å². The summed E-state index contributed by atoms with van der Waals surface area (Å²) < 4.78 is 17.2. The molecule has 8 heteroatoms. The molecule has 0 heterocycles. The average Bonchev–Trinajstić information content (AvgIpc) is 2.59. The Bertz CT molecular complexity index is 809. The van der Waals surface area contributed by atoms with Crippen molar-refractivity contribution >= 4 is 53.4 Å². The van der Waals surface area contributed by atoms with E-state index in [4.69, 9.17) is 39.3 Å². The van der Waals surface area contributed by atoms with Crippen LogP contribution in [0.1, 0.15) is 22.8 Å². The third-order valence-electron chi connectivity index (χ3n) is 3.74. The van der Waals surface area contributed by atoms with Crippen molar-refractivity contribution in [3.8, 4) is 0 Å². The molecule has 0 aliphatic heterocycles. The fraction of sp³-hybridized carbons (Fsp3) is 0.278. The number of carbonyl (C=O) groups excluding carboxylic acids is 1. The van der Waals surface area contributed by atoms with E-state index in [9.17, 15) is 9.36 Å². The number of rotatable bonds is 6. The Morgan fingerprint density at radius 2 is 1.69 bits per heavy atom. The van der Waals surface area contributed by atoms with Gasteiger partial charge in [-0.05, 0) is 37.6 Å². The van der Waals surface area contributed by atoms with Crippen LogP contribution in [0.15, 0.2) is 54.6 Å². The molecule has 2 aromatic rings. The summed E-state index contributed by atoms with van der Waals surface area (Å²) in [5, 5.41) is 2.98. The summed E-state index contributed by atoms with van der Waals surface area (Å²) in [6, 6.07) is 15.4. The molecule has 0 aliphatic rings. The van der Waals surface area contributed by atoms with Gasteiger partial charge < -0.3 is 9.84 Å². The number of aryl methyl sites for hydroxylation is 1. The Kier molecular flexibility index (Phi) is 7.18. The number of amides is 1. The smallest absolute Gasteiger partial charge is 0.258 e. The summed E-state index contributed by atoms with van der Waals surface area (Å²) in [5.41, 5.74) is 1.15. The van der Waals surface area contributed by atoms with Crippen LogP contribution < -0.4 is 10.6 Å². The molecule has 1 amide bonds. The fourth-order valence-electron chi connectivity index (χ4n) is 2.51. The maximum absolute atomic E-state index is 13.7. The van der Waals surface area contributed by atoms with Crippen molar-refractivity contribution in [1.29, 1.82) is 0 Å². The largest absolute Gasteiger partial charge is 0.336 e. The first-order chi connectivity index (χ1) is 12.2. The predicted molar refractivity (Wildman–Crippen MR) is 108 cm³/mol. The van der Waals surface area contributed by atoms with E-state index >= 15 is 0 Å². The lowest BCUT2D eigenvalue weighted by Crippen LogP contribution is -2.46. The number of hydrogen-bond donors (Lipinski definition) is 1. The van der Waals surface area contributed by atoms with Gasteiger partial charge in [-0.3, -0.25) is 9.36 Å². The van der Waals surface area contributed by atoms with E-state index in [1.807, 2.05) is 6.07 Å². The molecule has 0 bridgehead atoms. The fourth-order valence-corrected chi connectivity index (χ4v) is 6.07. The molecule has 0 saturated carbocycles. The van der Waals surface area contributed by atoms with Crippen molar-refractivity contribution in [2.24, 2.45) is 0 Å². The highest BCUT2D eigenvalue weighted by molar-refractivity contribution is 7.68. The molecule has 2 aromatic carbocycles. The first-order valence-corrected chi connectivity index (χ1v) is 10.8. The summed E-state index contributed by atoms with van der Waals surface area (Å²) in [4.78, 5) is 12.7. The van der Waals surface area contributed by atoms with Crippen LogP contribution in [0.5, 0.6) is 0 Å². The van der Waals surface area contributed by atoms with E-state index in [2.05, 4.69) is 5.32 Å². The van der Waals surface area contributed by atoms with Gasteiger partial charge in [0.25, 0.3) is 13.3 Å². The molecule has 4 nitrogen and oxygen atoms in total. The highest BCUT2D eigenvalue weighted by Gasteiger charge is 2.49. The minimum Gasteiger partial charge on any atom is -0.336 e. The number of benzene rings is 2. The third kappa shape index (κ3) is 4.82.